The van der Waals surface area contributed by atoms with E-state index in [2.05, 4.69) is 25.1 Å². The number of aryl methyl sites for hydroxylation is 1. The SMILES string of the molecule is Cc1ccccc1CC(O)C1CSc2ccccc2O1. The fraction of sp³-hybridized carbons (Fsp3) is 0.294. The van der Waals surface area contributed by atoms with Gasteiger partial charge in [0.15, 0.2) is 0 Å². The Kier molecular flexibility index (Phi) is 3.99. The zero-order valence-electron chi connectivity index (χ0n) is 11.5. The van der Waals surface area contributed by atoms with Crippen LogP contribution in [-0.2, 0) is 6.42 Å². The van der Waals surface area contributed by atoms with E-state index >= 15 is 0 Å². The molecule has 0 bridgehead atoms. The molecule has 1 N–H and O–H groups in total. The minimum Gasteiger partial charge on any atom is -0.486 e. The van der Waals surface area contributed by atoms with Crippen molar-refractivity contribution in [1.29, 1.82) is 0 Å². The predicted molar refractivity (Wildman–Crippen MR) is 82.5 cm³/mol. The van der Waals surface area contributed by atoms with Crippen LogP contribution in [0.25, 0.3) is 0 Å². The predicted octanol–water partition coefficient (Wildman–Crippen LogP) is 3.45. The number of rotatable bonds is 3. The largest absolute Gasteiger partial charge is 0.486 e. The molecule has 3 rings (SSSR count). The van der Waals surface area contributed by atoms with E-state index in [4.69, 9.17) is 4.74 Å². The molecule has 1 aliphatic heterocycles. The first-order valence-electron chi connectivity index (χ1n) is 6.85. The van der Waals surface area contributed by atoms with E-state index in [1.165, 1.54) is 11.1 Å². The van der Waals surface area contributed by atoms with E-state index in [0.717, 1.165) is 16.4 Å². The molecule has 2 aromatic carbocycles. The third kappa shape index (κ3) is 2.84. The molecule has 0 spiro atoms. The minimum atomic E-state index is -0.475. The molecule has 1 heterocycles. The van der Waals surface area contributed by atoms with E-state index in [1.807, 2.05) is 30.3 Å². The molecule has 1 aliphatic rings. The first kappa shape index (κ1) is 13.5. The fourth-order valence-electron chi connectivity index (χ4n) is 2.42. The lowest BCUT2D eigenvalue weighted by molar-refractivity contribution is 0.0467. The van der Waals surface area contributed by atoms with Gasteiger partial charge in [-0.2, -0.15) is 0 Å². The van der Waals surface area contributed by atoms with Gasteiger partial charge in [0.25, 0.3) is 0 Å². The average molecular weight is 286 g/mol. The molecular weight excluding hydrogens is 268 g/mol. The van der Waals surface area contributed by atoms with Crippen molar-refractivity contribution in [3.05, 3.63) is 59.7 Å². The third-order valence-electron chi connectivity index (χ3n) is 3.65. The van der Waals surface area contributed by atoms with Crippen LogP contribution in [0.1, 0.15) is 11.1 Å². The van der Waals surface area contributed by atoms with Crippen LogP contribution in [0.15, 0.2) is 53.4 Å². The number of para-hydroxylation sites is 1. The van der Waals surface area contributed by atoms with Crippen molar-refractivity contribution in [3.63, 3.8) is 0 Å². The lowest BCUT2D eigenvalue weighted by atomic mass is 10.0. The van der Waals surface area contributed by atoms with Crippen molar-refractivity contribution in [2.24, 2.45) is 0 Å². The number of aliphatic hydroxyl groups excluding tert-OH is 1. The first-order valence-corrected chi connectivity index (χ1v) is 7.83. The number of benzene rings is 2. The molecule has 20 heavy (non-hydrogen) atoms. The van der Waals surface area contributed by atoms with Gasteiger partial charge in [0.05, 0.1) is 6.10 Å². The molecule has 2 unspecified atom stereocenters. The summed E-state index contributed by atoms with van der Waals surface area (Å²) < 4.78 is 5.93. The summed E-state index contributed by atoms with van der Waals surface area (Å²) in [6, 6.07) is 16.2. The smallest absolute Gasteiger partial charge is 0.134 e. The van der Waals surface area contributed by atoms with Gasteiger partial charge in [0.2, 0.25) is 0 Å². The van der Waals surface area contributed by atoms with Crippen LogP contribution in [0.2, 0.25) is 0 Å². The summed E-state index contributed by atoms with van der Waals surface area (Å²) >= 11 is 1.75. The molecule has 0 saturated heterocycles. The second-order valence-corrected chi connectivity index (χ2v) is 6.17. The summed E-state index contributed by atoms with van der Waals surface area (Å²) in [6.07, 6.45) is 0.0199. The molecule has 0 amide bonds. The van der Waals surface area contributed by atoms with Crippen molar-refractivity contribution in [2.75, 3.05) is 5.75 Å². The van der Waals surface area contributed by atoms with Gasteiger partial charge >= 0.3 is 0 Å². The summed E-state index contributed by atoms with van der Waals surface area (Å²) in [5, 5.41) is 10.4. The van der Waals surface area contributed by atoms with Gasteiger partial charge in [-0.15, -0.1) is 11.8 Å². The Morgan fingerprint density at radius 1 is 1.20 bits per heavy atom. The summed E-state index contributed by atoms with van der Waals surface area (Å²) in [5.74, 6) is 1.68. The Bertz CT molecular complexity index is 597. The highest BCUT2D eigenvalue weighted by Crippen LogP contribution is 2.36. The second-order valence-electron chi connectivity index (χ2n) is 5.11. The Morgan fingerprint density at radius 3 is 2.80 bits per heavy atom. The van der Waals surface area contributed by atoms with Crippen LogP contribution in [0, 0.1) is 6.92 Å². The van der Waals surface area contributed by atoms with Crippen molar-refractivity contribution in [2.45, 2.75) is 30.4 Å². The topological polar surface area (TPSA) is 29.5 Å². The lowest BCUT2D eigenvalue weighted by Crippen LogP contribution is -2.37. The molecule has 2 atom stereocenters. The lowest BCUT2D eigenvalue weighted by Gasteiger charge is -2.29. The fourth-order valence-corrected chi connectivity index (χ4v) is 3.49. The maximum atomic E-state index is 10.4. The van der Waals surface area contributed by atoms with Gasteiger partial charge in [0, 0.05) is 17.1 Å². The molecule has 0 aromatic heterocycles. The van der Waals surface area contributed by atoms with Crippen LogP contribution in [0.4, 0.5) is 0 Å². The normalized spacial score (nSPS) is 19.0. The highest BCUT2D eigenvalue weighted by Gasteiger charge is 2.27. The number of fused-ring (bicyclic) bond motifs is 1. The van der Waals surface area contributed by atoms with Crippen LogP contribution >= 0.6 is 11.8 Å². The Balaban J connectivity index is 1.70. The summed E-state index contributed by atoms with van der Waals surface area (Å²) in [7, 11) is 0. The summed E-state index contributed by atoms with van der Waals surface area (Å²) in [6.45, 7) is 2.08. The van der Waals surface area contributed by atoms with Crippen molar-refractivity contribution >= 4 is 11.8 Å². The van der Waals surface area contributed by atoms with Gasteiger partial charge in [-0.1, -0.05) is 36.4 Å². The van der Waals surface area contributed by atoms with Gasteiger partial charge in [-0.3, -0.25) is 0 Å². The highest BCUT2D eigenvalue weighted by atomic mass is 32.2. The van der Waals surface area contributed by atoms with Gasteiger partial charge in [-0.05, 0) is 30.2 Å². The van der Waals surface area contributed by atoms with E-state index < -0.39 is 6.10 Å². The molecule has 2 nitrogen and oxygen atoms in total. The molecule has 3 heteroatoms. The van der Waals surface area contributed by atoms with Crippen molar-refractivity contribution in [1.82, 2.24) is 0 Å². The van der Waals surface area contributed by atoms with Crippen molar-refractivity contribution < 1.29 is 9.84 Å². The standard InChI is InChI=1S/C17H18O2S/c1-12-6-2-3-7-13(12)10-14(18)16-11-20-17-9-5-4-8-15(17)19-16/h2-9,14,16,18H,10-11H2,1H3. The quantitative estimate of drug-likeness (QED) is 0.937. The number of hydrogen-bond donors (Lipinski definition) is 1. The monoisotopic (exact) mass is 286 g/mol. The Labute approximate surface area is 123 Å². The molecule has 0 aliphatic carbocycles. The van der Waals surface area contributed by atoms with Crippen LogP contribution in [0.5, 0.6) is 5.75 Å². The number of ether oxygens (including phenoxy) is 1. The summed E-state index contributed by atoms with van der Waals surface area (Å²) in [5.41, 5.74) is 2.41. The second kappa shape index (κ2) is 5.90. The molecule has 0 saturated carbocycles. The highest BCUT2D eigenvalue weighted by molar-refractivity contribution is 7.99. The van der Waals surface area contributed by atoms with Gasteiger partial charge < -0.3 is 9.84 Å². The van der Waals surface area contributed by atoms with E-state index in [9.17, 15) is 5.11 Å². The number of aliphatic hydroxyl groups is 1. The van der Waals surface area contributed by atoms with E-state index in [0.29, 0.717) is 6.42 Å². The molecule has 104 valence electrons. The van der Waals surface area contributed by atoms with E-state index in [1.54, 1.807) is 11.8 Å². The first-order chi connectivity index (χ1) is 9.74. The molecule has 0 fully saturated rings. The van der Waals surface area contributed by atoms with Gasteiger partial charge in [-0.25, -0.2) is 0 Å². The minimum absolute atomic E-state index is 0.144. The zero-order chi connectivity index (χ0) is 13.9. The van der Waals surface area contributed by atoms with Crippen molar-refractivity contribution in [3.8, 4) is 5.75 Å². The Hall–Kier alpha value is -1.45. The molecule has 0 radical (unpaired) electrons. The maximum absolute atomic E-state index is 10.4. The number of hydrogen-bond acceptors (Lipinski definition) is 3. The van der Waals surface area contributed by atoms with E-state index in [-0.39, 0.29) is 6.10 Å². The van der Waals surface area contributed by atoms with Crippen LogP contribution < -0.4 is 4.74 Å². The summed E-state index contributed by atoms with van der Waals surface area (Å²) in [4.78, 5) is 1.16. The van der Waals surface area contributed by atoms with Crippen LogP contribution in [0.3, 0.4) is 0 Å². The Morgan fingerprint density at radius 2 is 1.95 bits per heavy atom. The van der Waals surface area contributed by atoms with Gasteiger partial charge in [0.1, 0.15) is 11.9 Å². The zero-order valence-corrected chi connectivity index (χ0v) is 12.3. The average Bonchev–Trinajstić information content (AvgIpc) is 2.49. The number of thioether (sulfide) groups is 1. The maximum Gasteiger partial charge on any atom is 0.134 e. The van der Waals surface area contributed by atoms with Crippen LogP contribution in [-0.4, -0.2) is 23.1 Å². The molecular formula is C17H18O2S. The third-order valence-corrected chi connectivity index (χ3v) is 4.79. The molecule has 2 aromatic rings.